The zero-order chi connectivity index (χ0) is 13.1. The topological polar surface area (TPSA) is 42.1 Å². The van der Waals surface area contributed by atoms with Crippen molar-refractivity contribution in [3.05, 3.63) is 24.0 Å². The molecule has 1 saturated carbocycles. The monoisotopic (exact) mass is 263 g/mol. The first kappa shape index (κ1) is 13.3. The van der Waals surface area contributed by atoms with Gasteiger partial charge >= 0.3 is 0 Å². The van der Waals surface area contributed by atoms with E-state index < -0.39 is 0 Å². The number of thiocarbonyl (C=S) groups is 1. The van der Waals surface area contributed by atoms with E-state index in [2.05, 4.69) is 29.9 Å². The Morgan fingerprint density at radius 3 is 2.67 bits per heavy atom. The summed E-state index contributed by atoms with van der Waals surface area (Å²) in [6.07, 6.45) is 7.17. The molecule has 98 valence electrons. The van der Waals surface area contributed by atoms with Gasteiger partial charge in [0.25, 0.3) is 0 Å². The average Bonchev–Trinajstić information content (AvgIpc) is 2.38. The van der Waals surface area contributed by atoms with Crippen LogP contribution in [0.25, 0.3) is 0 Å². The first-order chi connectivity index (χ1) is 8.59. The Balaban J connectivity index is 2.12. The summed E-state index contributed by atoms with van der Waals surface area (Å²) in [6.45, 7) is 2.34. The van der Waals surface area contributed by atoms with E-state index in [0.29, 0.717) is 16.7 Å². The lowest BCUT2D eigenvalue weighted by Gasteiger charge is -2.37. The SMILES string of the molecule is CC1CCCCC1N(C)c1ccc(C(N)=S)nc1. The maximum absolute atomic E-state index is 5.56. The highest BCUT2D eigenvalue weighted by Crippen LogP contribution is 2.30. The van der Waals surface area contributed by atoms with Crippen LogP contribution in [0.15, 0.2) is 18.3 Å². The Morgan fingerprint density at radius 2 is 2.11 bits per heavy atom. The minimum absolute atomic E-state index is 0.357. The molecule has 0 bridgehead atoms. The van der Waals surface area contributed by atoms with Crippen molar-refractivity contribution in [2.75, 3.05) is 11.9 Å². The Morgan fingerprint density at radius 1 is 1.39 bits per heavy atom. The molecule has 2 unspecified atom stereocenters. The van der Waals surface area contributed by atoms with E-state index in [0.717, 1.165) is 11.6 Å². The van der Waals surface area contributed by atoms with E-state index in [-0.39, 0.29) is 0 Å². The molecule has 1 aromatic heterocycles. The number of rotatable bonds is 3. The first-order valence-electron chi connectivity index (χ1n) is 6.58. The number of hydrogen-bond donors (Lipinski definition) is 1. The van der Waals surface area contributed by atoms with Crippen molar-refractivity contribution in [1.82, 2.24) is 4.98 Å². The highest BCUT2D eigenvalue weighted by Gasteiger charge is 2.25. The third-order valence-corrected chi connectivity index (χ3v) is 4.18. The fourth-order valence-electron chi connectivity index (χ4n) is 2.80. The van der Waals surface area contributed by atoms with Crippen molar-refractivity contribution >= 4 is 22.9 Å². The summed E-state index contributed by atoms with van der Waals surface area (Å²) < 4.78 is 0. The van der Waals surface area contributed by atoms with Crippen LogP contribution in [0, 0.1) is 5.92 Å². The molecule has 1 aliphatic rings. The lowest BCUT2D eigenvalue weighted by atomic mass is 9.85. The Kier molecular flexibility index (Phi) is 4.17. The molecule has 4 heteroatoms. The number of aromatic nitrogens is 1. The van der Waals surface area contributed by atoms with Crippen LogP contribution < -0.4 is 10.6 Å². The largest absolute Gasteiger partial charge is 0.388 e. The van der Waals surface area contributed by atoms with Gasteiger partial charge in [0, 0.05) is 13.1 Å². The minimum atomic E-state index is 0.357. The summed E-state index contributed by atoms with van der Waals surface area (Å²) in [7, 11) is 2.16. The van der Waals surface area contributed by atoms with Crippen LogP contribution >= 0.6 is 12.2 Å². The fourth-order valence-corrected chi connectivity index (χ4v) is 2.92. The van der Waals surface area contributed by atoms with E-state index in [9.17, 15) is 0 Å². The molecule has 0 radical (unpaired) electrons. The van der Waals surface area contributed by atoms with Gasteiger partial charge in [0.05, 0.1) is 17.6 Å². The summed E-state index contributed by atoms with van der Waals surface area (Å²) in [5, 5.41) is 0. The molecular weight excluding hydrogens is 242 g/mol. The van der Waals surface area contributed by atoms with E-state index >= 15 is 0 Å². The first-order valence-corrected chi connectivity index (χ1v) is 6.99. The third-order valence-electron chi connectivity index (χ3n) is 3.97. The molecular formula is C14H21N3S. The molecule has 18 heavy (non-hydrogen) atoms. The normalized spacial score (nSPS) is 23.7. The molecule has 1 fully saturated rings. The predicted octanol–water partition coefficient (Wildman–Crippen LogP) is 2.73. The maximum Gasteiger partial charge on any atom is 0.122 e. The Labute approximate surface area is 114 Å². The van der Waals surface area contributed by atoms with Crippen LogP contribution in [0.5, 0.6) is 0 Å². The zero-order valence-electron chi connectivity index (χ0n) is 11.1. The predicted molar refractivity (Wildman–Crippen MR) is 79.9 cm³/mol. The van der Waals surface area contributed by atoms with Crippen LogP contribution in [0.2, 0.25) is 0 Å². The molecule has 3 nitrogen and oxygen atoms in total. The van der Waals surface area contributed by atoms with Gasteiger partial charge < -0.3 is 10.6 Å². The van der Waals surface area contributed by atoms with Crippen molar-refractivity contribution in [3.63, 3.8) is 0 Å². The molecule has 2 rings (SSSR count). The van der Waals surface area contributed by atoms with Crippen molar-refractivity contribution in [2.45, 2.75) is 38.6 Å². The fraction of sp³-hybridized carbons (Fsp3) is 0.571. The van der Waals surface area contributed by atoms with Crippen LogP contribution in [0.3, 0.4) is 0 Å². The second-order valence-electron chi connectivity index (χ2n) is 5.21. The quantitative estimate of drug-likeness (QED) is 0.852. The molecule has 1 aliphatic carbocycles. The zero-order valence-corrected chi connectivity index (χ0v) is 11.9. The van der Waals surface area contributed by atoms with Crippen molar-refractivity contribution in [3.8, 4) is 0 Å². The molecule has 0 saturated heterocycles. The summed E-state index contributed by atoms with van der Waals surface area (Å²) in [5.41, 5.74) is 7.40. The van der Waals surface area contributed by atoms with Gasteiger partial charge in [-0.15, -0.1) is 0 Å². The van der Waals surface area contributed by atoms with Crippen molar-refractivity contribution in [2.24, 2.45) is 11.7 Å². The van der Waals surface area contributed by atoms with Gasteiger partial charge in [-0.25, -0.2) is 0 Å². The lowest BCUT2D eigenvalue weighted by molar-refractivity contribution is 0.321. The minimum Gasteiger partial charge on any atom is -0.388 e. The standard InChI is InChI=1S/C14H21N3S/c1-10-5-3-4-6-13(10)17(2)11-7-8-12(14(15)18)16-9-11/h7-10,13H,3-6H2,1-2H3,(H2,15,18). The lowest BCUT2D eigenvalue weighted by Crippen LogP contribution is -2.39. The highest BCUT2D eigenvalue weighted by atomic mass is 32.1. The average molecular weight is 263 g/mol. The van der Waals surface area contributed by atoms with Gasteiger partial charge in [-0.1, -0.05) is 32.0 Å². The van der Waals surface area contributed by atoms with Gasteiger partial charge in [0.15, 0.2) is 0 Å². The van der Waals surface area contributed by atoms with Crippen molar-refractivity contribution in [1.29, 1.82) is 0 Å². The van der Waals surface area contributed by atoms with Gasteiger partial charge in [-0.2, -0.15) is 0 Å². The second kappa shape index (κ2) is 5.65. The summed E-state index contributed by atoms with van der Waals surface area (Å²) in [6, 6.07) is 4.58. The van der Waals surface area contributed by atoms with E-state index in [4.69, 9.17) is 18.0 Å². The Bertz CT molecular complexity index is 416. The van der Waals surface area contributed by atoms with E-state index in [1.807, 2.05) is 12.3 Å². The van der Waals surface area contributed by atoms with Crippen molar-refractivity contribution < 1.29 is 0 Å². The highest BCUT2D eigenvalue weighted by molar-refractivity contribution is 7.80. The number of nitrogens with zero attached hydrogens (tertiary/aromatic N) is 2. The number of pyridine rings is 1. The van der Waals surface area contributed by atoms with Crippen LogP contribution in [-0.2, 0) is 0 Å². The van der Waals surface area contributed by atoms with Crippen LogP contribution in [0.1, 0.15) is 38.3 Å². The molecule has 1 aromatic rings. The Hall–Kier alpha value is -1.16. The van der Waals surface area contributed by atoms with E-state index in [1.54, 1.807) is 0 Å². The van der Waals surface area contributed by atoms with Gasteiger partial charge in [0.2, 0.25) is 0 Å². The van der Waals surface area contributed by atoms with Crippen LogP contribution in [-0.4, -0.2) is 23.1 Å². The molecule has 2 N–H and O–H groups in total. The molecule has 0 amide bonds. The van der Waals surface area contributed by atoms with Crippen LogP contribution in [0.4, 0.5) is 5.69 Å². The van der Waals surface area contributed by atoms with Gasteiger partial charge in [-0.3, -0.25) is 4.98 Å². The molecule has 2 atom stereocenters. The van der Waals surface area contributed by atoms with E-state index in [1.165, 1.54) is 25.7 Å². The molecule has 0 spiro atoms. The number of hydrogen-bond acceptors (Lipinski definition) is 3. The van der Waals surface area contributed by atoms with Gasteiger partial charge in [-0.05, 0) is 30.9 Å². The van der Waals surface area contributed by atoms with Gasteiger partial charge in [0.1, 0.15) is 4.99 Å². The molecule has 1 heterocycles. The molecule has 0 aromatic carbocycles. The second-order valence-corrected chi connectivity index (χ2v) is 5.65. The summed E-state index contributed by atoms with van der Waals surface area (Å²) in [4.78, 5) is 7.02. The number of nitrogens with two attached hydrogens (primary N) is 1. The number of anilines is 1. The maximum atomic E-state index is 5.56. The third kappa shape index (κ3) is 2.80. The summed E-state index contributed by atoms with van der Waals surface area (Å²) in [5.74, 6) is 0.749. The molecule has 0 aliphatic heterocycles. The smallest absolute Gasteiger partial charge is 0.122 e. The summed E-state index contributed by atoms with van der Waals surface area (Å²) >= 11 is 4.92.